The van der Waals surface area contributed by atoms with Crippen molar-refractivity contribution in [2.45, 2.75) is 152 Å². The Morgan fingerprint density at radius 2 is 1.42 bits per heavy atom. The fourth-order valence-electron chi connectivity index (χ4n) is 5.46. The number of aliphatic hydroxyl groups excluding tert-OH is 5. The molecule has 0 aromatic rings. The molecule has 0 spiro atoms. The van der Waals surface area contributed by atoms with E-state index in [9.17, 15) is 35.1 Å². The van der Waals surface area contributed by atoms with Gasteiger partial charge in [-0.05, 0) is 45.4 Å². The molecule has 2 saturated heterocycles. The summed E-state index contributed by atoms with van der Waals surface area (Å²) in [6, 6.07) is 0. The zero-order valence-corrected chi connectivity index (χ0v) is 25.2. The molecule has 4 aliphatic rings. The number of hydrogen-bond acceptors (Lipinski definition) is 13. The molecular weight excluding hydrogens is 568 g/mol. The third-order valence-electron chi connectivity index (χ3n) is 7.99. The summed E-state index contributed by atoms with van der Waals surface area (Å²) >= 11 is 0. The Kier molecular flexibility index (Phi) is 15.3. The monoisotopic (exact) mass is 618 g/mol. The summed E-state index contributed by atoms with van der Waals surface area (Å²) in [5, 5.41) is 53.4. The highest BCUT2D eigenvalue weighted by molar-refractivity contribution is 5.69. The van der Waals surface area contributed by atoms with Gasteiger partial charge in [0, 0.05) is 13.3 Å². The van der Waals surface area contributed by atoms with Crippen LogP contribution in [0.3, 0.4) is 0 Å². The fourth-order valence-corrected chi connectivity index (χ4v) is 5.46. The molecule has 248 valence electrons. The molecule has 4 heterocycles. The van der Waals surface area contributed by atoms with Crippen LogP contribution < -0.4 is 0 Å². The van der Waals surface area contributed by atoms with Crippen LogP contribution in [0.25, 0.3) is 0 Å². The van der Waals surface area contributed by atoms with Gasteiger partial charge in [0.2, 0.25) is 0 Å². The van der Waals surface area contributed by atoms with E-state index in [0.717, 1.165) is 51.4 Å². The Labute approximate surface area is 253 Å². The minimum atomic E-state index is -1.75. The van der Waals surface area contributed by atoms with Crippen LogP contribution in [0.1, 0.15) is 84.5 Å². The first-order valence-electron chi connectivity index (χ1n) is 15.5. The van der Waals surface area contributed by atoms with Crippen LogP contribution in [-0.2, 0) is 38.0 Å². The molecule has 5 N–H and O–H groups in total. The minimum Gasteiger partial charge on any atom is -0.463 e. The van der Waals surface area contributed by atoms with Gasteiger partial charge in [0.05, 0.1) is 12.7 Å². The second kappa shape index (κ2) is 18.3. The average Bonchev–Trinajstić information content (AvgIpc) is 2.97. The third kappa shape index (κ3) is 11.0. The van der Waals surface area contributed by atoms with Crippen LogP contribution in [0.5, 0.6) is 0 Å². The smallest absolute Gasteiger partial charge is 0.306 e. The highest BCUT2D eigenvalue weighted by Crippen LogP contribution is 2.32. The van der Waals surface area contributed by atoms with Gasteiger partial charge in [-0.15, -0.1) is 0 Å². The molecule has 0 aromatic carbocycles. The van der Waals surface area contributed by atoms with Crippen molar-refractivity contribution in [2.75, 3.05) is 13.2 Å². The highest BCUT2D eigenvalue weighted by atomic mass is 16.8. The van der Waals surface area contributed by atoms with Gasteiger partial charge in [0.1, 0.15) is 49.3 Å². The van der Waals surface area contributed by atoms with Crippen molar-refractivity contribution in [3.63, 3.8) is 0 Å². The normalized spacial score (nSPS) is 39.7. The van der Waals surface area contributed by atoms with E-state index in [1.165, 1.54) is 6.92 Å². The van der Waals surface area contributed by atoms with Crippen molar-refractivity contribution in [3.05, 3.63) is 12.2 Å². The number of rotatable bonds is 3. The maximum Gasteiger partial charge on any atom is 0.306 e. The number of aliphatic hydroxyl groups is 5. The standard InChI is InChI=1S/C30H50O13/c1-18-14-12-10-8-6-4-3-5-7-9-11-13-15-22(33)42-27-20(16-31)40-29(26(37)25(27)36)43-28-24(35)23(34)21(17-38-19(2)32)41-30(28)39-18/h4,6,18,20-21,23-31,34-37H,3,5,7-17H2,1-2H3. The van der Waals surface area contributed by atoms with E-state index in [0.29, 0.717) is 12.8 Å². The van der Waals surface area contributed by atoms with E-state index in [4.69, 9.17) is 28.4 Å². The Bertz CT molecular complexity index is 867. The Hall–Kier alpha value is -1.68. The summed E-state index contributed by atoms with van der Waals surface area (Å²) in [4.78, 5) is 23.9. The van der Waals surface area contributed by atoms with Gasteiger partial charge in [-0.2, -0.15) is 0 Å². The molecule has 13 nitrogen and oxygen atoms in total. The SMILES string of the molecule is CC(=O)OCC1OC2OC(C)CCCCC=CCCCCCCCC(=O)OC3C(CO)OC(OC2C(O)C1O)C(O)C3O. The van der Waals surface area contributed by atoms with Crippen LogP contribution in [-0.4, -0.2) is 118 Å². The lowest BCUT2D eigenvalue weighted by atomic mass is 9.97. The molecule has 0 radical (unpaired) electrons. The van der Waals surface area contributed by atoms with Crippen molar-refractivity contribution in [1.82, 2.24) is 0 Å². The minimum absolute atomic E-state index is 0.118. The number of hydrogen-bond donors (Lipinski definition) is 5. The molecule has 2 bridgehead atoms. The molecule has 0 amide bonds. The van der Waals surface area contributed by atoms with Gasteiger partial charge in [-0.25, -0.2) is 0 Å². The first kappa shape index (κ1) is 35.8. The van der Waals surface area contributed by atoms with Crippen LogP contribution in [0.4, 0.5) is 0 Å². The molecule has 2 fully saturated rings. The first-order valence-corrected chi connectivity index (χ1v) is 15.5. The van der Waals surface area contributed by atoms with E-state index in [1.54, 1.807) is 0 Å². The maximum atomic E-state index is 12.5. The molecular formula is C30H50O13. The van der Waals surface area contributed by atoms with Crippen molar-refractivity contribution in [3.8, 4) is 0 Å². The molecule has 0 aromatic heterocycles. The van der Waals surface area contributed by atoms with Crippen molar-refractivity contribution < 1.29 is 63.5 Å². The molecule has 11 unspecified atom stereocenters. The third-order valence-corrected chi connectivity index (χ3v) is 7.99. The van der Waals surface area contributed by atoms with Crippen LogP contribution in [0.2, 0.25) is 0 Å². The predicted molar refractivity (Wildman–Crippen MR) is 150 cm³/mol. The van der Waals surface area contributed by atoms with Gasteiger partial charge in [-0.1, -0.05) is 37.8 Å². The molecule has 4 aliphatic heterocycles. The van der Waals surface area contributed by atoms with Crippen molar-refractivity contribution in [1.29, 1.82) is 0 Å². The van der Waals surface area contributed by atoms with Gasteiger partial charge >= 0.3 is 11.9 Å². The maximum absolute atomic E-state index is 12.5. The molecule has 13 heteroatoms. The summed E-state index contributed by atoms with van der Waals surface area (Å²) in [6.45, 7) is 2.02. The van der Waals surface area contributed by atoms with Crippen LogP contribution in [0, 0.1) is 0 Å². The van der Waals surface area contributed by atoms with Gasteiger partial charge < -0.3 is 54.0 Å². The van der Waals surface area contributed by atoms with Crippen molar-refractivity contribution >= 4 is 11.9 Å². The van der Waals surface area contributed by atoms with E-state index in [1.807, 2.05) is 6.92 Å². The molecule has 0 saturated carbocycles. The number of allylic oxidation sites excluding steroid dienone is 2. The highest BCUT2D eigenvalue weighted by Gasteiger charge is 2.52. The van der Waals surface area contributed by atoms with E-state index in [-0.39, 0.29) is 19.1 Å². The number of ether oxygens (including phenoxy) is 6. The molecule has 4 rings (SSSR count). The summed E-state index contributed by atoms with van der Waals surface area (Å²) in [5.74, 6) is -1.19. The van der Waals surface area contributed by atoms with Gasteiger partial charge in [0.15, 0.2) is 18.7 Å². The van der Waals surface area contributed by atoms with Crippen LogP contribution >= 0.6 is 0 Å². The first-order chi connectivity index (χ1) is 20.6. The molecule has 11 atom stereocenters. The molecule has 0 aliphatic carbocycles. The van der Waals surface area contributed by atoms with Crippen LogP contribution in [0.15, 0.2) is 12.2 Å². The average molecular weight is 619 g/mol. The van der Waals surface area contributed by atoms with E-state index in [2.05, 4.69) is 12.2 Å². The summed E-state index contributed by atoms with van der Waals surface area (Å²) in [7, 11) is 0. The van der Waals surface area contributed by atoms with Gasteiger partial charge in [0.25, 0.3) is 0 Å². The number of carbonyl (C=O) groups is 2. The summed E-state index contributed by atoms with van der Waals surface area (Å²) < 4.78 is 33.9. The second-order valence-corrected chi connectivity index (χ2v) is 11.6. The molecule has 43 heavy (non-hydrogen) atoms. The fraction of sp³-hybridized carbons (Fsp3) is 0.867. The number of carbonyl (C=O) groups excluding carboxylic acids is 2. The predicted octanol–water partition coefficient (Wildman–Crippen LogP) is 0.998. The number of fused-ring (bicyclic) bond motifs is 17. The lowest BCUT2D eigenvalue weighted by Gasteiger charge is -2.46. The topological polar surface area (TPSA) is 191 Å². The van der Waals surface area contributed by atoms with E-state index < -0.39 is 80.0 Å². The number of esters is 2. The second-order valence-electron chi connectivity index (χ2n) is 11.6. The Balaban J connectivity index is 1.78. The Morgan fingerprint density at radius 3 is 2.12 bits per heavy atom. The zero-order valence-electron chi connectivity index (χ0n) is 25.2. The lowest BCUT2D eigenvalue weighted by molar-refractivity contribution is -0.371. The Morgan fingerprint density at radius 1 is 0.791 bits per heavy atom. The quantitative estimate of drug-likeness (QED) is 0.223. The zero-order chi connectivity index (χ0) is 31.4. The summed E-state index contributed by atoms with van der Waals surface area (Å²) in [6.07, 6.45) is -1.56. The lowest BCUT2D eigenvalue weighted by Crippen LogP contribution is -2.65. The largest absolute Gasteiger partial charge is 0.463 e. The van der Waals surface area contributed by atoms with E-state index >= 15 is 0 Å². The summed E-state index contributed by atoms with van der Waals surface area (Å²) in [5.41, 5.74) is 0. The van der Waals surface area contributed by atoms with Gasteiger partial charge in [-0.3, -0.25) is 9.59 Å². The van der Waals surface area contributed by atoms with Crippen molar-refractivity contribution in [2.24, 2.45) is 0 Å².